The Labute approximate surface area is 133 Å². The van der Waals surface area contributed by atoms with Gasteiger partial charge in [0.15, 0.2) is 5.78 Å². The number of Topliss-reactive ketones (excluding diaryl/α,β-unsaturated/α-hetero) is 1. The number of aryl methyl sites for hydroxylation is 1. The topological polar surface area (TPSA) is 43.1 Å². The van der Waals surface area contributed by atoms with E-state index in [-0.39, 0.29) is 16.9 Å². The summed E-state index contributed by atoms with van der Waals surface area (Å²) in [6.07, 6.45) is 0.353. The highest BCUT2D eigenvalue weighted by atomic mass is 32.2. The molecule has 2 nitrogen and oxygen atoms in total. The number of rotatable bonds is 3. The number of carbonyl (C=O) groups is 1. The third kappa shape index (κ3) is 2.79. The van der Waals surface area contributed by atoms with Gasteiger partial charge in [-0.15, -0.1) is 0 Å². The monoisotopic (exact) mass is 313 g/mol. The summed E-state index contributed by atoms with van der Waals surface area (Å²) in [6.45, 7) is 1.98. The van der Waals surface area contributed by atoms with E-state index in [0.717, 1.165) is 11.1 Å². The van der Waals surface area contributed by atoms with Crippen LogP contribution in [0.25, 0.3) is 5.57 Å². The van der Waals surface area contributed by atoms with Crippen molar-refractivity contribution in [3.05, 3.63) is 76.1 Å². The smallest absolute Gasteiger partial charge is 0.179 e. The van der Waals surface area contributed by atoms with Crippen molar-refractivity contribution >= 4 is 23.1 Å². The van der Waals surface area contributed by atoms with Gasteiger partial charge in [0.05, 0.1) is 15.9 Å². The molecular formula is C18H16FNOS. The van der Waals surface area contributed by atoms with Gasteiger partial charge in [-0.05, 0) is 30.5 Å². The Kier molecular flexibility index (Phi) is 4.03. The summed E-state index contributed by atoms with van der Waals surface area (Å²) < 4.78 is 13.8. The van der Waals surface area contributed by atoms with Crippen LogP contribution in [0.3, 0.4) is 0 Å². The van der Waals surface area contributed by atoms with Crippen LogP contribution in [0, 0.1) is 12.7 Å². The molecule has 112 valence electrons. The number of halogens is 1. The first-order valence-corrected chi connectivity index (χ1v) is 7.95. The predicted molar refractivity (Wildman–Crippen MR) is 88.8 cm³/mol. The van der Waals surface area contributed by atoms with Crippen LogP contribution in [0.15, 0.2) is 53.6 Å². The number of ketones is 1. The summed E-state index contributed by atoms with van der Waals surface area (Å²) in [5.74, 6) is -0.296. The molecule has 0 spiro atoms. The molecule has 0 bridgehead atoms. The Hall–Kier alpha value is -2.07. The first-order chi connectivity index (χ1) is 10.6. The van der Waals surface area contributed by atoms with Gasteiger partial charge in [0.2, 0.25) is 0 Å². The van der Waals surface area contributed by atoms with E-state index >= 15 is 0 Å². The molecule has 3 rings (SSSR count). The fourth-order valence-electron chi connectivity index (χ4n) is 2.63. The highest BCUT2D eigenvalue weighted by molar-refractivity contribution is 8.05. The molecule has 2 aromatic carbocycles. The van der Waals surface area contributed by atoms with Gasteiger partial charge in [0.1, 0.15) is 5.82 Å². The number of allylic oxidation sites excluding steroid dienone is 1. The quantitative estimate of drug-likeness (QED) is 0.940. The Morgan fingerprint density at radius 1 is 1.18 bits per heavy atom. The van der Waals surface area contributed by atoms with E-state index in [0.29, 0.717) is 22.6 Å². The largest absolute Gasteiger partial charge is 0.393 e. The first kappa shape index (κ1) is 14.9. The van der Waals surface area contributed by atoms with E-state index in [1.165, 1.54) is 17.8 Å². The van der Waals surface area contributed by atoms with E-state index in [9.17, 15) is 9.18 Å². The van der Waals surface area contributed by atoms with Crippen molar-refractivity contribution in [2.75, 3.05) is 0 Å². The van der Waals surface area contributed by atoms with Gasteiger partial charge in [-0.1, -0.05) is 59.8 Å². The molecule has 0 aromatic heterocycles. The number of thioether (sulfide) groups is 1. The lowest BCUT2D eigenvalue weighted by Crippen LogP contribution is -2.17. The molecule has 2 aromatic rings. The normalized spacial score (nSPS) is 18.1. The SMILES string of the molecule is Cc1cccc(C2=C(N)SC(Cc3ccccc3F)C2=O)c1. The number of carbonyl (C=O) groups excluding carboxylic acids is 1. The molecule has 1 atom stereocenters. The molecule has 0 fully saturated rings. The number of nitrogens with two attached hydrogens (primary N) is 1. The minimum atomic E-state index is -0.354. The Morgan fingerprint density at radius 2 is 1.95 bits per heavy atom. The van der Waals surface area contributed by atoms with E-state index in [1.807, 2.05) is 31.2 Å². The maximum absolute atomic E-state index is 13.8. The van der Waals surface area contributed by atoms with Crippen LogP contribution in [0.4, 0.5) is 4.39 Å². The Bertz CT molecular complexity index is 769. The van der Waals surface area contributed by atoms with Crippen LogP contribution in [-0.2, 0) is 11.2 Å². The fraction of sp³-hybridized carbons (Fsp3) is 0.167. The van der Waals surface area contributed by atoms with Crippen molar-refractivity contribution in [2.24, 2.45) is 5.73 Å². The van der Waals surface area contributed by atoms with Crippen LogP contribution < -0.4 is 5.73 Å². The van der Waals surface area contributed by atoms with E-state index in [1.54, 1.807) is 18.2 Å². The van der Waals surface area contributed by atoms with Crippen molar-refractivity contribution in [3.63, 3.8) is 0 Å². The summed E-state index contributed by atoms with van der Waals surface area (Å²) in [5, 5.41) is 0.171. The van der Waals surface area contributed by atoms with Gasteiger partial charge in [-0.25, -0.2) is 4.39 Å². The maximum Gasteiger partial charge on any atom is 0.179 e. The fourth-order valence-corrected chi connectivity index (χ4v) is 3.76. The van der Waals surface area contributed by atoms with Gasteiger partial charge in [-0.3, -0.25) is 4.79 Å². The summed E-state index contributed by atoms with van der Waals surface area (Å²) in [4.78, 5) is 12.7. The average Bonchev–Trinajstić information content (AvgIpc) is 2.76. The molecule has 1 aliphatic rings. The highest BCUT2D eigenvalue weighted by Gasteiger charge is 2.34. The second-order valence-electron chi connectivity index (χ2n) is 5.38. The molecule has 0 aliphatic carbocycles. The molecule has 1 heterocycles. The molecule has 1 aliphatic heterocycles. The lowest BCUT2D eigenvalue weighted by Gasteiger charge is -2.09. The van der Waals surface area contributed by atoms with Crippen molar-refractivity contribution in [2.45, 2.75) is 18.6 Å². The van der Waals surface area contributed by atoms with Crippen molar-refractivity contribution in [3.8, 4) is 0 Å². The summed E-state index contributed by atoms with van der Waals surface area (Å²) in [7, 11) is 0. The van der Waals surface area contributed by atoms with Gasteiger partial charge in [0, 0.05) is 0 Å². The van der Waals surface area contributed by atoms with Crippen molar-refractivity contribution in [1.82, 2.24) is 0 Å². The molecule has 0 saturated carbocycles. The third-order valence-corrected chi connectivity index (χ3v) is 4.85. The number of benzene rings is 2. The zero-order valence-electron chi connectivity index (χ0n) is 12.2. The molecule has 0 saturated heterocycles. The van der Waals surface area contributed by atoms with Gasteiger partial charge in [0.25, 0.3) is 0 Å². The summed E-state index contributed by atoms with van der Waals surface area (Å²) in [6, 6.07) is 14.3. The molecule has 0 amide bonds. The molecule has 2 N–H and O–H groups in total. The highest BCUT2D eigenvalue weighted by Crippen LogP contribution is 2.39. The molecule has 4 heteroatoms. The lowest BCUT2D eigenvalue weighted by molar-refractivity contribution is -0.113. The second-order valence-corrected chi connectivity index (χ2v) is 6.62. The van der Waals surface area contributed by atoms with Crippen molar-refractivity contribution < 1.29 is 9.18 Å². The maximum atomic E-state index is 13.8. The predicted octanol–water partition coefficient (Wildman–Crippen LogP) is 3.69. The second kappa shape index (κ2) is 5.97. The van der Waals surface area contributed by atoms with Gasteiger partial charge < -0.3 is 5.73 Å². The lowest BCUT2D eigenvalue weighted by atomic mass is 9.96. The van der Waals surface area contributed by atoms with Gasteiger partial charge >= 0.3 is 0 Å². The number of hydrogen-bond acceptors (Lipinski definition) is 3. The third-order valence-electron chi connectivity index (χ3n) is 3.72. The van der Waals surface area contributed by atoms with E-state index in [2.05, 4.69) is 0 Å². The van der Waals surface area contributed by atoms with Crippen LogP contribution in [-0.4, -0.2) is 11.0 Å². The zero-order chi connectivity index (χ0) is 15.7. The van der Waals surface area contributed by atoms with Crippen LogP contribution in [0.5, 0.6) is 0 Å². The molecular weight excluding hydrogens is 297 g/mol. The summed E-state index contributed by atoms with van der Waals surface area (Å²) >= 11 is 1.33. The zero-order valence-corrected chi connectivity index (χ0v) is 13.0. The first-order valence-electron chi connectivity index (χ1n) is 7.07. The molecule has 1 unspecified atom stereocenters. The Balaban J connectivity index is 1.86. The van der Waals surface area contributed by atoms with Crippen LogP contribution >= 0.6 is 11.8 Å². The number of hydrogen-bond donors (Lipinski definition) is 1. The Morgan fingerprint density at radius 3 is 2.68 bits per heavy atom. The van der Waals surface area contributed by atoms with E-state index in [4.69, 9.17) is 5.73 Å². The van der Waals surface area contributed by atoms with Crippen molar-refractivity contribution in [1.29, 1.82) is 0 Å². The van der Waals surface area contributed by atoms with Crippen LogP contribution in [0.1, 0.15) is 16.7 Å². The molecule has 22 heavy (non-hydrogen) atoms. The minimum absolute atomic E-state index is 0.0173. The van der Waals surface area contributed by atoms with Crippen LogP contribution in [0.2, 0.25) is 0 Å². The summed E-state index contributed by atoms with van der Waals surface area (Å²) in [5.41, 5.74) is 9.09. The standard InChI is InChI=1S/C18H16FNOS/c1-11-5-4-7-13(9-11)16-17(21)15(22-18(16)20)10-12-6-2-3-8-14(12)19/h2-9,15H,10,20H2,1H3. The minimum Gasteiger partial charge on any atom is -0.393 e. The molecule has 0 radical (unpaired) electrons. The van der Waals surface area contributed by atoms with E-state index < -0.39 is 0 Å². The average molecular weight is 313 g/mol. The van der Waals surface area contributed by atoms with Gasteiger partial charge in [-0.2, -0.15) is 0 Å².